The first-order valence-electron chi connectivity index (χ1n) is 7.59. The summed E-state index contributed by atoms with van der Waals surface area (Å²) < 4.78 is 44.3. The first-order chi connectivity index (χ1) is 11.9. The lowest BCUT2D eigenvalue weighted by Crippen LogP contribution is -2.13. The molecule has 0 saturated heterocycles. The molecule has 1 heterocycles. The number of nitrogens with one attached hydrogen (secondary N) is 1. The van der Waals surface area contributed by atoms with Crippen LogP contribution in [0.4, 0.5) is 19.0 Å². The lowest BCUT2D eigenvalue weighted by Gasteiger charge is -2.13. The average molecular weight is 347 g/mol. The summed E-state index contributed by atoms with van der Waals surface area (Å²) in [5.74, 6) is -0.274. The van der Waals surface area contributed by atoms with Crippen LogP contribution in [0.5, 0.6) is 5.75 Å². The second kappa shape index (κ2) is 6.58. The van der Waals surface area contributed by atoms with Gasteiger partial charge in [-0.2, -0.15) is 13.2 Å². The predicted molar refractivity (Wildman–Crippen MR) is 89.6 cm³/mol. The molecule has 2 aromatic carbocycles. The van der Waals surface area contributed by atoms with Crippen LogP contribution in [0.3, 0.4) is 0 Å². The van der Waals surface area contributed by atoms with Gasteiger partial charge in [-0.1, -0.05) is 23.8 Å². The third-order valence-electron chi connectivity index (χ3n) is 3.72. The fraction of sp³-hybridized carbons (Fsp3) is 0.222. The van der Waals surface area contributed by atoms with Gasteiger partial charge in [0.2, 0.25) is 5.82 Å². The fourth-order valence-corrected chi connectivity index (χ4v) is 2.43. The van der Waals surface area contributed by atoms with Crippen LogP contribution in [-0.2, 0) is 12.7 Å². The van der Waals surface area contributed by atoms with Crippen molar-refractivity contribution in [3.8, 4) is 5.75 Å². The summed E-state index contributed by atoms with van der Waals surface area (Å²) in [6, 6.07) is 12.3. The minimum Gasteiger partial charge on any atom is -0.497 e. The molecule has 0 aliphatic rings. The quantitative estimate of drug-likeness (QED) is 0.751. The Hall–Kier alpha value is -2.83. The molecular formula is C18H16F3N3O. The van der Waals surface area contributed by atoms with E-state index in [4.69, 9.17) is 4.74 Å². The number of fused-ring (bicyclic) bond motifs is 1. The molecule has 0 amide bonds. The number of aromatic nitrogens is 2. The lowest BCUT2D eigenvalue weighted by atomic mass is 10.1. The zero-order chi connectivity index (χ0) is 18.0. The Morgan fingerprint density at radius 1 is 1.04 bits per heavy atom. The smallest absolute Gasteiger partial charge is 0.451 e. The maximum Gasteiger partial charge on any atom is 0.451 e. The first kappa shape index (κ1) is 17.0. The third kappa shape index (κ3) is 3.81. The van der Waals surface area contributed by atoms with Gasteiger partial charge in [0.1, 0.15) is 11.6 Å². The van der Waals surface area contributed by atoms with Crippen molar-refractivity contribution in [2.75, 3.05) is 12.4 Å². The van der Waals surface area contributed by atoms with Crippen molar-refractivity contribution in [2.24, 2.45) is 0 Å². The highest BCUT2D eigenvalue weighted by atomic mass is 19.4. The van der Waals surface area contributed by atoms with Gasteiger partial charge in [0.25, 0.3) is 0 Å². The fourth-order valence-electron chi connectivity index (χ4n) is 2.43. The van der Waals surface area contributed by atoms with Crippen molar-refractivity contribution in [1.82, 2.24) is 9.97 Å². The molecule has 0 saturated carbocycles. The van der Waals surface area contributed by atoms with Gasteiger partial charge in [-0.15, -0.1) is 0 Å². The maximum atomic E-state index is 13.1. The van der Waals surface area contributed by atoms with Gasteiger partial charge < -0.3 is 10.1 Å². The third-order valence-corrected chi connectivity index (χ3v) is 3.72. The molecule has 0 fully saturated rings. The number of nitrogens with zero attached hydrogens (tertiary/aromatic N) is 2. The van der Waals surface area contributed by atoms with E-state index in [0.717, 1.165) is 11.1 Å². The van der Waals surface area contributed by atoms with Crippen LogP contribution in [-0.4, -0.2) is 17.1 Å². The second-order valence-electron chi connectivity index (χ2n) is 5.62. The summed E-state index contributed by atoms with van der Waals surface area (Å²) in [5, 5.41) is 3.55. The number of hydrogen-bond donors (Lipinski definition) is 1. The molecule has 0 unspecified atom stereocenters. The van der Waals surface area contributed by atoms with E-state index in [2.05, 4.69) is 15.3 Å². The number of methoxy groups -OCH3 is 1. The number of ether oxygens (including phenoxy) is 1. The van der Waals surface area contributed by atoms with Gasteiger partial charge in [0.05, 0.1) is 12.6 Å². The van der Waals surface area contributed by atoms with Gasteiger partial charge in [-0.05, 0) is 36.8 Å². The molecule has 1 aromatic heterocycles. The SMILES string of the molecule is COc1ccc(CNc2nc(C(F)(F)F)nc3ccc(C)cc23)cc1. The van der Waals surface area contributed by atoms with Crippen LogP contribution in [0.1, 0.15) is 17.0 Å². The second-order valence-corrected chi connectivity index (χ2v) is 5.62. The van der Waals surface area contributed by atoms with Crippen LogP contribution in [0.15, 0.2) is 42.5 Å². The van der Waals surface area contributed by atoms with Crippen LogP contribution < -0.4 is 10.1 Å². The van der Waals surface area contributed by atoms with Crippen LogP contribution in [0.2, 0.25) is 0 Å². The number of hydrogen-bond acceptors (Lipinski definition) is 4. The van der Waals surface area contributed by atoms with E-state index in [0.29, 0.717) is 17.7 Å². The minimum atomic E-state index is -4.60. The Bertz CT molecular complexity index is 892. The summed E-state index contributed by atoms with van der Waals surface area (Å²) >= 11 is 0. The summed E-state index contributed by atoms with van der Waals surface area (Å²) in [6.07, 6.45) is -4.60. The van der Waals surface area contributed by atoms with Gasteiger partial charge in [-0.25, -0.2) is 9.97 Å². The van der Waals surface area contributed by atoms with E-state index in [1.54, 1.807) is 37.4 Å². The van der Waals surface area contributed by atoms with Crippen molar-refractivity contribution in [3.63, 3.8) is 0 Å². The molecule has 0 radical (unpaired) electrons. The molecule has 0 aliphatic heterocycles. The molecular weight excluding hydrogens is 331 g/mol. The number of alkyl halides is 3. The largest absolute Gasteiger partial charge is 0.497 e. The number of aryl methyl sites for hydroxylation is 1. The van der Waals surface area contributed by atoms with Gasteiger partial charge in [0.15, 0.2) is 0 Å². The van der Waals surface area contributed by atoms with Crippen molar-refractivity contribution in [2.45, 2.75) is 19.6 Å². The highest BCUT2D eigenvalue weighted by Crippen LogP contribution is 2.31. The standard InChI is InChI=1S/C18H16F3N3O/c1-11-3-8-15-14(9-11)16(24-17(23-15)18(19,20)21)22-10-12-4-6-13(25-2)7-5-12/h3-9H,10H2,1-2H3,(H,22,23,24). The Morgan fingerprint density at radius 2 is 1.76 bits per heavy atom. The molecule has 0 bridgehead atoms. The topological polar surface area (TPSA) is 47.0 Å². The van der Waals surface area contributed by atoms with Crippen LogP contribution >= 0.6 is 0 Å². The lowest BCUT2D eigenvalue weighted by molar-refractivity contribution is -0.144. The van der Waals surface area contributed by atoms with Gasteiger partial charge in [-0.3, -0.25) is 0 Å². The first-order valence-corrected chi connectivity index (χ1v) is 7.59. The zero-order valence-electron chi connectivity index (χ0n) is 13.7. The van der Waals surface area contributed by atoms with Crippen LogP contribution in [0, 0.1) is 6.92 Å². The summed E-state index contributed by atoms with van der Waals surface area (Å²) in [5.41, 5.74) is 2.07. The number of benzene rings is 2. The zero-order valence-corrected chi connectivity index (χ0v) is 13.7. The number of anilines is 1. The molecule has 0 spiro atoms. The molecule has 25 heavy (non-hydrogen) atoms. The van der Waals surface area contributed by atoms with E-state index in [9.17, 15) is 13.2 Å². The molecule has 1 N–H and O–H groups in total. The molecule has 130 valence electrons. The Balaban J connectivity index is 1.96. The molecule has 7 heteroatoms. The van der Waals surface area contributed by atoms with Gasteiger partial charge >= 0.3 is 6.18 Å². The highest BCUT2D eigenvalue weighted by molar-refractivity contribution is 5.89. The average Bonchev–Trinajstić information content (AvgIpc) is 2.59. The van der Waals surface area contributed by atoms with E-state index in [1.165, 1.54) is 0 Å². The molecule has 4 nitrogen and oxygen atoms in total. The van der Waals surface area contributed by atoms with E-state index in [1.807, 2.05) is 19.1 Å². The Kier molecular flexibility index (Phi) is 4.48. The summed E-state index contributed by atoms with van der Waals surface area (Å²) in [4.78, 5) is 7.32. The Labute approximate surface area is 142 Å². The highest BCUT2D eigenvalue weighted by Gasteiger charge is 2.35. The van der Waals surface area contributed by atoms with Crippen molar-refractivity contribution in [1.29, 1.82) is 0 Å². The number of halogens is 3. The van der Waals surface area contributed by atoms with E-state index >= 15 is 0 Å². The van der Waals surface area contributed by atoms with E-state index in [-0.39, 0.29) is 11.3 Å². The molecule has 0 aliphatic carbocycles. The molecule has 3 rings (SSSR count). The maximum absolute atomic E-state index is 13.1. The number of rotatable bonds is 4. The Morgan fingerprint density at radius 3 is 2.40 bits per heavy atom. The monoisotopic (exact) mass is 347 g/mol. The predicted octanol–water partition coefficient (Wildman–Crippen LogP) is 4.58. The minimum absolute atomic E-state index is 0.164. The molecule has 3 aromatic rings. The van der Waals surface area contributed by atoms with Crippen molar-refractivity contribution < 1.29 is 17.9 Å². The van der Waals surface area contributed by atoms with Crippen LogP contribution in [0.25, 0.3) is 10.9 Å². The van der Waals surface area contributed by atoms with Crippen molar-refractivity contribution in [3.05, 3.63) is 59.4 Å². The summed E-state index contributed by atoms with van der Waals surface area (Å²) in [6.45, 7) is 2.20. The normalized spacial score (nSPS) is 11.6. The van der Waals surface area contributed by atoms with E-state index < -0.39 is 12.0 Å². The molecule has 0 atom stereocenters. The van der Waals surface area contributed by atoms with Crippen molar-refractivity contribution >= 4 is 16.7 Å². The van der Waals surface area contributed by atoms with Gasteiger partial charge in [0, 0.05) is 11.9 Å². The summed E-state index contributed by atoms with van der Waals surface area (Å²) in [7, 11) is 1.57.